The van der Waals surface area contributed by atoms with Gasteiger partial charge in [0.15, 0.2) is 0 Å². The van der Waals surface area contributed by atoms with Gasteiger partial charge in [-0.05, 0) is 34.1 Å². The summed E-state index contributed by atoms with van der Waals surface area (Å²) in [4.78, 5) is 69.8. The van der Waals surface area contributed by atoms with Gasteiger partial charge in [0.05, 0.1) is 18.0 Å². The van der Waals surface area contributed by atoms with Crippen LogP contribution < -0.4 is 10.6 Å². The lowest BCUT2D eigenvalue weighted by atomic mass is 9.78. The van der Waals surface area contributed by atoms with E-state index >= 15 is 0 Å². The highest BCUT2D eigenvalue weighted by atomic mass is 32.2. The van der Waals surface area contributed by atoms with Gasteiger partial charge in [0.1, 0.15) is 11.4 Å². The molecule has 3 aliphatic heterocycles. The fourth-order valence-corrected chi connectivity index (χ4v) is 6.31. The fourth-order valence-electron chi connectivity index (χ4n) is 4.83. The van der Waals surface area contributed by atoms with Gasteiger partial charge in [-0.15, -0.1) is 11.8 Å². The monoisotopic (exact) mass is 553 g/mol. The maximum Gasteiger partial charge on any atom is 0.353 e. The number of hydrogen-bond acceptors (Lipinski definition) is 9. The number of likely N-dealkylation sites (N-methyl/N-ethyl adjacent to an activating group) is 1. The van der Waals surface area contributed by atoms with Crippen molar-refractivity contribution in [2.75, 3.05) is 20.6 Å². The summed E-state index contributed by atoms with van der Waals surface area (Å²) < 4.78 is 0. The third-order valence-corrected chi connectivity index (χ3v) is 8.58. The van der Waals surface area contributed by atoms with Crippen LogP contribution in [0, 0.1) is 11.8 Å². The molecule has 0 aliphatic carbocycles. The molecule has 1 unspecified atom stereocenters. The molecule has 3 heterocycles. The predicted octanol–water partition coefficient (Wildman–Crippen LogP) is 0.0716. The number of aliphatic carboxylic acids is 2. The number of carbonyl (C=O) groups is 5. The Morgan fingerprint density at radius 2 is 1.89 bits per heavy atom. The molecule has 2 saturated heterocycles. The van der Waals surface area contributed by atoms with Crippen LogP contribution in [0.2, 0.25) is 0 Å². The normalized spacial score (nSPS) is 28.0. The number of fused-ring (bicyclic) bond motifs is 1. The Kier molecular flexibility index (Phi) is 8.46. The van der Waals surface area contributed by atoms with Crippen molar-refractivity contribution in [2.24, 2.45) is 17.0 Å². The van der Waals surface area contributed by atoms with Crippen molar-refractivity contribution in [3.8, 4) is 0 Å². The van der Waals surface area contributed by atoms with E-state index in [0.29, 0.717) is 17.9 Å². The number of β-lactam (4-membered cyclic amide) rings is 1. The van der Waals surface area contributed by atoms with E-state index in [0.717, 1.165) is 0 Å². The third kappa shape index (κ3) is 5.51. The largest absolute Gasteiger partial charge is 0.478 e. The van der Waals surface area contributed by atoms with E-state index in [-0.39, 0.29) is 34.5 Å². The predicted molar refractivity (Wildman–Crippen MR) is 138 cm³/mol. The molecule has 3 amide bonds. The average molecular weight is 554 g/mol. The number of carbonyl (C=O) groups excluding carboxylic acids is 3. The lowest BCUT2D eigenvalue weighted by Gasteiger charge is -2.47. The summed E-state index contributed by atoms with van der Waals surface area (Å²) in [5.74, 6) is -4.46. The van der Waals surface area contributed by atoms with Gasteiger partial charge in [0.2, 0.25) is 17.4 Å². The van der Waals surface area contributed by atoms with Crippen LogP contribution in [0.4, 0.5) is 0 Å². The molecule has 13 nitrogen and oxygen atoms in total. The molecule has 6 atom stereocenters. The first-order valence-electron chi connectivity index (χ1n) is 12.3. The van der Waals surface area contributed by atoms with Crippen molar-refractivity contribution in [3.05, 3.63) is 10.6 Å². The average Bonchev–Trinajstić information content (AvgIpc) is 3.38. The third-order valence-electron chi connectivity index (χ3n) is 7.07. The van der Waals surface area contributed by atoms with E-state index in [1.54, 1.807) is 21.0 Å². The van der Waals surface area contributed by atoms with Crippen molar-refractivity contribution in [3.63, 3.8) is 0 Å². The van der Waals surface area contributed by atoms with Gasteiger partial charge in [-0.1, -0.05) is 12.1 Å². The molecule has 3 rings (SSSR count). The second-order valence-corrected chi connectivity index (χ2v) is 11.9. The van der Waals surface area contributed by atoms with Crippen molar-refractivity contribution >= 4 is 47.1 Å². The summed E-state index contributed by atoms with van der Waals surface area (Å²) >= 11 is 1.39. The molecule has 0 aromatic carbocycles. The molecule has 210 valence electrons. The SMILES string of the molecule is C/C(=N/OC(C)(C)C(=O)O)C(=O)NC(C)[C@H]1C(=O)N2C(C(=O)O)=C(S[C@@H]3CN[C@H](C(=O)N(C)C)C3)[C@H](C)[C@H]12. The van der Waals surface area contributed by atoms with Crippen LogP contribution in [-0.2, 0) is 28.8 Å². The molecule has 3 aliphatic rings. The van der Waals surface area contributed by atoms with Crippen LogP contribution in [0.15, 0.2) is 15.8 Å². The molecule has 14 heteroatoms. The first-order valence-corrected chi connectivity index (χ1v) is 13.1. The standard InChI is InChI=1S/C24H35N5O8S/c1-10-16-15(11(2)26-19(30)12(3)27-37-24(4,5)23(35)36)21(32)29(16)17(22(33)34)18(10)38-13-8-14(25-9-13)20(31)28(6)7/h10-11,13-16,25H,8-9H2,1-7H3,(H,26,30)(H,33,34)(H,35,36)/b27-12-/t10-,11?,13+,14+,15-,16-/m1/s1. The Bertz CT molecular complexity index is 1100. The summed E-state index contributed by atoms with van der Waals surface area (Å²) in [6.45, 7) is 8.00. The van der Waals surface area contributed by atoms with E-state index in [1.165, 1.54) is 42.3 Å². The Morgan fingerprint density at radius 1 is 1.26 bits per heavy atom. The van der Waals surface area contributed by atoms with E-state index in [1.807, 2.05) is 6.92 Å². The Hall–Kier alpha value is -3.13. The number of nitrogens with one attached hydrogen (secondary N) is 2. The molecule has 0 radical (unpaired) electrons. The van der Waals surface area contributed by atoms with Crippen molar-refractivity contribution < 1.29 is 39.0 Å². The molecular weight excluding hydrogens is 518 g/mol. The number of nitrogens with zero attached hydrogens (tertiary/aromatic N) is 3. The zero-order valence-electron chi connectivity index (χ0n) is 22.5. The highest BCUT2D eigenvalue weighted by Gasteiger charge is 2.60. The molecule has 0 aromatic heterocycles. The minimum absolute atomic E-state index is 0.0333. The lowest BCUT2D eigenvalue weighted by Crippen LogP contribution is -2.66. The Morgan fingerprint density at radius 3 is 2.45 bits per heavy atom. The summed E-state index contributed by atoms with van der Waals surface area (Å²) in [7, 11) is 3.37. The van der Waals surface area contributed by atoms with Crippen LogP contribution in [0.3, 0.4) is 0 Å². The van der Waals surface area contributed by atoms with Gasteiger partial charge in [0, 0.05) is 42.8 Å². The first kappa shape index (κ1) is 29.4. The quantitative estimate of drug-likeness (QED) is 0.164. The smallest absolute Gasteiger partial charge is 0.353 e. The summed E-state index contributed by atoms with van der Waals surface area (Å²) in [5, 5.41) is 28.5. The van der Waals surface area contributed by atoms with Crippen molar-refractivity contribution in [2.45, 2.75) is 70.0 Å². The number of rotatable bonds is 10. The highest BCUT2D eigenvalue weighted by molar-refractivity contribution is 8.03. The summed E-state index contributed by atoms with van der Waals surface area (Å²) in [6.07, 6.45) is 0.540. The number of carboxylic acid groups (broad SMARTS) is 2. The van der Waals surface area contributed by atoms with Crippen LogP contribution in [0.25, 0.3) is 0 Å². The molecule has 4 N–H and O–H groups in total. The highest BCUT2D eigenvalue weighted by Crippen LogP contribution is 2.51. The van der Waals surface area contributed by atoms with Crippen LogP contribution in [0.5, 0.6) is 0 Å². The van der Waals surface area contributed by atoms with Crippen LogP contribution in [0.1, 0.15) is 41.0 Å². The van der Waals surface area contributed by atoms with Gasteiger partial charge < -0.3 is 35.5 Å². The Labute approximate surface area is 225 Å². The van der Waals surface area contributed by atoms with E-state index in [4.69, 9.17) is 9.94 Å². The molecule has 2 fully saturated rings. The van der Waals surface area contributed by atoms with Gasteiger partial charge in [0.25, 0.3) is 5.91 Å². The lowest BCUT2D eigenvalue weighted by molar-refractivity contribution is -0.161. The van der Waals surface area contributed by atoms with Gasteiger partial charge in [-0.3, -0.25) is 14.4 Å². The minimum atomic E-state index is -1.63. The van der Waals surface area contributed by atoms with E-state index in [2.05, 4.69) is 15.8 Å². The number of amides is 3. The number of thioether (sulfide) groups is 1. The summed E-state index contributed by atoms with van der Waals surface area (Å²) in [5.41, 5.74) is -1.79. The maximum atomic E-state index is 13.1. The van der Waals surface area contributed by atoms with Crippen LogP contribution >= 0.6 is 11.8 Å². The molecular formula is C24H35N5O8S. The van der Waals surface area contributed by atoms with E-state index < -0.39 is 47.4 Å². The Balaban J connectivity index is 1.70. The van der Waals surface area contributed by atoms with Crippen LogP contribution in [-0.4, -0.2) is 105 Å². The summed E-state index contributed by atoms with van der Waals surface area (Å²) in [6, 6.07) is -1.44. The fraction of sp³-hybridized carbons (Fsp3) is 0.667. The van der Waals surface area contributed by atoms with Gasteiger partial charge in [-0.2, -0.15) is 0 Å². The topological polar surface area (TPSA) is 178 Å². The van der Waals surface area contributed by atoms with Gasteiger partial charge in [-0.25, -0.2) is 9.59 Å². The zero-order chi connectivity index (χ0) is 28.7. The maximum absolute atomic E-state index is 13.1. The first-order chi connectivity index (χ1) is 17.6. The zero-order valence-corrected chi connectivity index (χ0v) is 23.3. The molecule has 0 bridgehead atoms. The minimum Gasteiger partial charge on any atom is -0.478 e. The molecule has 0 saturated carbocycles. The second-order valence-electron chi connectivity index (χ2n) is 10.5. The van der Waals surface area contributed by atoms with Gasteiger partial charge >= 0.3 is 11.9 Å². The van der Waals surface area contributed by atoms with Crippen molar-refractivity contribution in [1.82, 2.24) is 20.4 Å². The number of oxime groups is 1. The number of carboxylic acids is 2. The number of hydrogen-bond donors (Lipinski definition) is 4. The van der Waals surface area contributed by atoms with E-state index in [9.17, 15) is 29.1 Å². The second kappa shape index (κ2) is 10.9. The molecule has 0 aromatic rings. The van der Waals surface area contributed by atoms with Crippen molar-refractivity contribution in [1.29, 1.82) is 0 Å². The molecule has 38 heavy (non-hydrogen) atoms. The molecule has 0 spiro atoms.